The van der Waals surface area contributed by atoms with Crippen molar-refractivity contribution in [1.82, 2.24) is 10.4 Å². The molecule has 0 rings (SSSR count). The highest BCUT2D eigenvalue weighted by Gasteiger charge is 2.13. The van der Waals surface area contributed by atoms with E-state index in [2.05, 4.69) is 40.0 Å². The average Bonchev–Trinajstić information content (AvgIpc) is 2.11. The van der Waals surface area contributed by atoms with Gasteiger partial charge in [-0.05, 0) is 12.8 Å². The van der Waals surface area contributed by atoms with E-state index in [1.165, 1.54) is 0 Å². The first-order chi connectivity index (χ1) is 6.40. The van der Waals surface area contributed by atoms with Crippen molar-refractivity contribution in [1.29, 1.82) is 0 Å². The second kappa shape index (κ2) is 6.02. The molecular formula is C11H25N3. The molecule has 1 N–H and O–H groups in total. The molecule has 0 radical (unpaired) electrons. The molecule has 0 aromatic heterocycles. The Hall–Kier alpha value is -0.570. The maximum atomic E-state index is 4.73. The van der Waals surface area contributed by atoms with Crippen LogP contribution in [0.2, 0.25) is 0 Å². The van der Waals surface area contributed by atoms with Crippen molar-refractivity contribution in [3.63, 3.8) is 0 Å². The summed E-state index contributed by atoms with van der Waals surface area (Å²) >= 11 is 0. The zero-order chi connectivity index (χ0) is 11.3. The number of hydrogen-bond donors (Lipinski definition) is 1. The number of hydrazine groups is 1. The highest BCUT2D eigenvalue weighted by Crippen LogP contribution is 2.09. The normalized spacial score (nSPS) is 15.1. The monoisotopic (exact) mass is 199 g/mol. The Morgan fingerprint density at radius 2 is 1.64 bits per heavy atom. The maximum absolute atomic E-state index is 4.73. The molecule has 0 spiro atoms. The zero-order valence-corrected chi connectivity index (χ0v) is 10.6. The fourth-order valence-electron chi connectivity index (χ4n) is 1.10. The van der Waals surface area contributed by atoms with E-state index < -0.39 is 0 Å². The molecule has 0 amide bonds. The van der Waals surface area contributed by atoms with Crippen molar-refractivity contribution < 1.29 is 0 Å². The predicted octanol–water partition coefficient (Wildman–Crippen LogP) is 2.15. The van der Waals surface area contributed by atoms with E-state index in [1.807, 2.05) is 19.1 Å². The Labute approximate surface area is 88.6 Å². The SMILES string of the molecule is CNN(C)C(=NC(C)C(C)C)C(C)C. The third kappa shape index (κ3) is 4.09. The summed E-state index contributed by atoms with van der Waals surface area (Å²) in [4.78, 5) is 4.73. The number of nitrogens with one attached hydrogen (secondary N) is 1. The lowest BCUT2D eigenvalue weighted by molar-refractivity contribution is 0.381. The molecule has 0 bridgehead atoms. The van der Waals surface area contributed by atoms with Gasteiger partial charge in [0.05, 0.1) is 6.04 Å². The lowest BCUT2D eigenvalue weighted by Gasteiger charge is -2.25. The van der Waals surface area contributed by atoms with Crippen LogP contribution in [0.25, 0.3) is 0 Å². The van der Waals surface area contributed by atoms with Crippen LogP contribution in [0.1, 0.15) is 34.6 Å². The fourth-order valence-corrected chi connectivity index (χ4v) is 1.10. The molecule has 0 fully saturated rings. The number of aliphatic imine (C=N–C) groups is 1. The summed E-state index contributed by atoms with van der Waals surface area (Å²) in [5.74, 6) is 2.16. The van der Waals surface area contributed by atoms with Gasteiger partial charge in [0.1, 0.15) is 5.84 Å². The van der Waals surface area contributed by atoms with Gasteiger partial charge in [0.2, 0.25) is 0 Å². The summed E-state index contributed by atoms with van der Waals surface area (Å²) in [6.45, 7) is 10.9. The number of amidine groups is 1. The van der Waals surface area contributed by atoms with Crippen molar-refractivity contribution in [2.24, 2.45) is 16.8 Å². The van der Waals surface area contributed by atoms with Gasteiger partial charge in [-0.15, -0.1) is 0 Å². The Balaban J connectivity index is 4.64. The third-order valence-corrected chi connectivity index (χ3v) is 2.50. The van der Waals surface area contributed by atoms with Crippen molar-refractivity contribution in [3.05, 3.63) is 0 Å². The van der Waals surface area contributed by atoms with Crippen LogP contribution in [0.3, 0.4) is 0 Å². The topological polar surface area (TPSA) is 27.6 Å². The molecule has 0 aromatic rings. The smallest absolute Gasteiger partial charge is 0.116 e. The molecule has 0 aliphatic carbocycles. The second-order valence-corrected chi connectivity index (χ2v) is 4.41. The molecule has 84 valence electrons. The molecule has 3 nitrogen and oxygen atoms in total. The number of rotatable bonds is 4. The van der Waals surface area contributed by atoms with Crippen LogP contribution < -0.4 is 5.43 Å². The first kappa shape index (κ1) is 13.4. The van der Waals surface area contributed by atoms with Crippen LogP contribution in [-0.4, -0.2) is 31.0 Å². The van der Waals surface area contributed by atoms with Crippen LogP contribution >= 0.6 is 0 Å². The number of hydrogen-bond acceptors (Lipinski definition) is 2. The first-order valence-corrected chi connectivity index (χ1v) is 5.38. The van der Waals surface area contributed by atoms with Crippen molar-refractivity contribution >= 4 is 5.84 Å². The highest BCUT2D eigenvalue weighted by atomic mass is 15.5. The summed E-state index contributed by atoms with van der Waals surface area (Å²) < 4.78 is 0. The molecule has 0 aliphatic heterocycles. The minimum absolute atomic E-state index is 0.378. The van der Waals surface area contributed by atoms with Crippen LogP contribution in [0.5, 0.6) is 0 Å². The molecule has 0 saturated heterocycles. The van der Waals surface area contributed by atoms with Crippen LogP contribution in [-0.2, 0) is 0 Å². The summed E-state index contributed by atoms with van der Waals surface area (Å²) in [5, 5.41) is 1.99. The van der Waals surface area contributed by atoms with Gasteiger partial charge in [0.25, 0.3) is 0 Å². The van der Waals surface area contributed by atoms with Crippen LogP contribution in [0, 0.1) is 11.8 Å². The molecule has 0 heterocycles. The Morgan fingerprint density at radius 3 is 1.93 bits per heavy atom. The van der Waals surface area contributed by atoms with Crippen molar-refractivity contribution in [2.45, 2.75) is 40.7 Å². The molecule has 0 saturated carbocycles. The van der Waals surface area contributed by atoms with Crippen LogP contribution in [0.4, 0.5) is 0 Å². The summed E-state index contributed by atoms with van der Waals surface area (Å²) in [5.41, 5.74) is 3.09. The van der Waals surface area contributed by atoms with E-state index in [-0.39, 0.29) is 0 Å². The van der Waals surface area contributed by atoms with Crippen LogP contribution in [0.15, 0.2) is 4.99 Å². The lowest BCUT2D eigenvalue weighted by atomic mass is 10.1. The van der Waals surface area contributed by atoms with Crippen molar-refractivity contribution in [2.75, 3.05) is 14.1 Å². The average molecular weight is 199 g/mol. The van der Waals surface area contributed by atoms with E-state index in [4.69, 9.17) is 4.99 Å². The first-order valence-electron chi connectivity index (χ1n) is 5.38. The van der Waals surface area contributed by atoms with Gasteiger partial charge in [-0.25, -0.2) is 5.43 Å². The number of nitrogens with zero attached hydrogens (tertiary/aromatic N) is 2. The minimum atomic E-state index is 0.378. The zero-order valence-electron chi connectivity index (χ0n) is 10.6. The summed E-state index contributed by atoms with van der Waals surface area (Å²) in [6.07, 6.45) is 0. The molecule has 3 heteroatoms. The predicted molar refractivity (Wildman–Crippen MR) is 63.4 cm³/mol. The van der Waals surface area contributed by atoms with E-state index >= 15 is 0 Å². The Bertz CT molecular complexity index is 185. The van der Waals surface area contributed by atoms with Gasteiger partial charge >= 0.3 is 0 Å². The van der Waals surface area contributed by atoms with Gasteiger partial charge in [-0.2, -0.15) is 0 Å². The van der Waals surface area contributed by atoms with Gasteiger partial charge in [0, 0.05) is 20.0 Å². The van der Waals surface area contributed by atoms with Gasteiger partial charge < -0.3 is 0 Å². The highest BCUT2D eigenvalue weighted by molar-refractivity contribution is 5.83. The third-order valence-electron chi connectivity index (χ3n) is 2.50. The molecular weight excluding hydrogens is 174 g/mol. The van der Waals surface area contributed by atoms with Gasteiger partial charge in [-0.3, -0.25) is 10.0 Å². The van der Waals surface area contributed by atoms with Crippen molar-refractivity contribution in [3.8, 4) is 0 Å². The lowest BCUT2D eigenvalue weighted by Crippen LogP contribution is -2.40. The summed E-state index contributed by atoms with van der Waals surface area (Å²) in [6, 6.07) is 0.378. The molecule has 1 unspecified atom stereocenters. The van der Waals surface area contributed by atoms with Gasteiger partial charge in [0.15, 0.2) is 0 Å². The van der Waals surface area contributed by atoms with E-state index in [1.54, 1.807) is 0 Å². The van der Waals surface area contributed by atoms with E-state index in [9.17, 15) is 0 Å². The summed E-state index contributed by atoms with van der Waals surface area (Å²) in [7, 11) is 3.92. The standard InChI is InChI=1S/C11H25N3/c1-8(2)10(5)13-11(9(3)4)14(7)12-6/h8-10,12H,1-7H3. The molecule has 14 heavy (non-hydrogen) atoms. The Kier molecular flexibility index (Phi) is 5.77. The largest absolute Gasteiger partial charge is 0.299 e. The van der Waals surface area contributed by atoms with E-state index in [0.717, 1.165) is 5.84 Å². The molecule has 0 aromatic carbocycles. The maximum Gasteiger partial charge on any atom is 0.116 e. The second-order valence-electron chi connectivity index (χ2n) is 4.41. The molecule has 0 aliphatic rings. The molecule has 1 atom stereocenters. The van der Waals surface area contributed by atoms with E-state index in [0.29, 0.717) is 17.9 Å². The minimum Gasteiger partial charge on any atom is -0.299 e. The fraction of sp³-hybridized carbons (Fsp3) is 0.909. The van der Waals surface area contributed by atoms with Gasteiger partial charge in [-0.1, -0.05) is 27.7 Å². The Morgan fingerprint density at radius 1 is 1.14 bits per heavy atom. The quantitative estimate of drug-likeness (QED) is 0.427.